The van der Waals surface area contributed by atoms with Crippen molar-refractivity contribution in [2.75, 3.05) is 0 Å². The third kappa shape index (κ3) is 3.35. The molecule has 0 spiro atoms. The number of rotatable bonds is 5. The van der Waals surface area contributed by atoms with Gasteiger partial charge >= 0.3 is 0 Å². The van der Waals surface area contributed by atoms with E-state index in [1.165, 1.54) is 32.1 Å². The summed E-state index contributed by atoms with van der Waals surface area (Å²) >= 11 is 0. The van der Waals surface area contributed by atoms with Gasteiger partial charge < -0.3 is 10.3 Å². The molecule has 1 heterocycles. The highest BCUT2D eigenvalue weighted by molar-refractivity contribution is 5.00. The molecule has 1 aromatic rings. The topological polar surface area (TPSA) is 64.9 Å². The predicted molar refractivity (Wildman–Crippen MR) is 75.7 cm³/mol. The number of nitrogens with two attached hydrogens (primary N) is 1. The third-order valence-corrected chi connectivity index (χ3v) is 4.72. The number of hydrogen-bond acceptors (Lipinski definition) is 4. The third-order valence-electron chi connectivity index (χ3n) is 4.72. The van der Waals surface area contributed by atoms with Crippen molar-refractivity contribution in [3.05, 3.63) is 11.7 Å². The van der Waals surface area contributed by atoms with Crippen molar-refractivity contribution in [3.63, 3.8) is 0 Å². The maximum atomic E-state index is 6.15. The number of nitrogens with zero attached hydrogens (tertiary/aromatic N) is 2. The predicted octanol–water partition coefficient (Wildman–Crippen LogP) is 3.80. The summed E-state index contributed by atoms with van der Waals surface area (Å²) in [6.07, 6.45) is 7.31. The van der Waals surface area contributed by atoms with Gasteiger partial charge in [0.25, 0.3) is 0 Å². The van der Waals surface area contributed by atoms with Crippen LogP contribution in [0.25, 0.3) is 0 Å². The van der Waals surface area contributed by atoms with Crippen LogP contribution >= 0.6 is 0 Å². The van der Waals surface area contributed by atoms with E-state index in [0.29, 0.717) is 17.7 Å². The molecule has 1 fully saturated rings. The van der Waals surface area contributed by atoms with E-state index in [1.807, 2.05) is 0 Å². The van der Waals surface area contributed by atoms with Crippen LogP contribution in [0.15, 0.2) is 4.52 Å². The lowest BCUT2D eigenvalue weighted by Crippen LogP contribution is -2.19. The summed E-state index contributed by atoms with van der Waals surface area (Å²) in [5, 5.41) is 4.18. The zero-order chi connectivity index (χ0) is 13.8. The molecule has 1 aliphatic carbocycles. The molecule has 0 amide bonds. The van der Waals surface area contributed by atoms with E-state index in [2.05, 4.69) is 30.9 Å². The molecular formula is C15H27N3O. The zero-order valence-electron chi connectivity index (χ0n) is 12.4. The molecule has 4 heteroatoms. The zero-order valence-corrected chi connectivity index (χ0v) is 12.4. The summed E-state index contributed by atoms with van der Waals surface area (Å²) in [4.78, 5) is 4.57. The SMILES string of the molecule is CCC1CCCC(c2noc([C@@H](N)C(C)CC)n2)C1. The molecule has 4 nitrogen and oxygen atoms in total. The molecule has 0 saturated heterocycles. The van der Waals surface area contributed by atoms with Crippen molar-refractivity contribution in [1.29, 1.82) is 0 Å². The van der Waals surface area contributed by atoms with Crippen LogP contribution in [0.2, 0.25) is 0 Å². The van der Waals surface area contributed by atoms with Crippen LogP contribution in [0.3, 0.4) is 0 Å². The quantitative estimate of drug-likeness (QED) is 0.879. The van der Waals surface area contributed by atoms with Crippen LogP contribution in [0.5, 0.6) is 0 Å². The molecule has 108 valence electrons. The summed E-state index contributed by atoms with van der Waals surface area (Å²) in [7, 11) is 0. The van der Waals surface area contributed by atoms with Crippen molar-refractivity contribution < 1.29 is 4.52 Å². The van der Waals surface area contributed by atoms with Crippen LogP contribution in [0.1, 0.15) is 83.0 Å². The van der Waals surface area contributed by atoms with E-state index in [0.717, 1.165) is 18.2 Å². The first-order valence-electron chi connectivity index (χ1n) is 7.74. The van der Waals surface area contributed by atoms with Gasteiger partial charge in [0.05, 0.1) is 6.04 Å². The average molecular weight is 265 g/mol. The Balaban J connectivity index is 2.04. The van der Waals surface area contributed by atoms with E-state index in [9.17, 15) is 0 Å². The fraction of sp³-hybridized carbons (Fsp3) is 0.867. The molecular weight excluding hydrogens is 238 g/mol. The van der Waals surface area contributed by atoms with Crippen LogP contribution in [-0.2, 0) is 0 Å². The minimum atomic E-state index is -0.128. The van der Waals surface area contributed by atoms with Crippen molar-refractivity contribution in [3.8, 4) is 0 Å². The van der Waals surface area contributed by atoms with Gasteiger partial charge in [0.15, 0.2) is 5.82 Å². The van der Waals surface area contributed by atoms with Gasteiger partial charge in [-0.15, -0.1) is 0 Å². The lowest BCUT2D eigenvalue weighted by atomic mass is 9.80. The van der Waals surface area contributed by atoms with Crippen molar-refractivity contribution in [1.82, 2.24) is 10.1 Å². The first kappa shape index (κ1) is 14.5. The summed E-state index contributed by atoms with van der Waals surface area (Å²) in [6, 6.07) is -0.128. The van der Waals surface area contributed by atoms with Crippen LogP contribution in [0, 0.1) is 11.8 Å². The minimum absolute atomic E-state index is 0.128. The molecule has 1 aliphatic rings. The summed E-state index contributed by atoms with van der Waals surface area (Å²) in [5.74, 6) is 3.17. The molecule has 1 aromatic heterocycles. The lowest BCUT2D eigenvalue weighted by Gasteiger charge is -2.26. The summed E-state index contributed by atoms with van der Waals surface area (Å²) in [5.41, 5.74) is 6.15. The summed E-state index contributed by atoms with van der Waals surface area (Å²) in [6.45, 7) is 6.53. The smallest absolute Gasteiger partial charge is 0.243 e. The second-order valence-electron chi connectivity index (χ2n) is 6.04. The molecule has 0 radical (unpaired) electrons. The van der Waals surface area contributed by atoms with Gasteiger partial charge in [0, 0.05) is 5.92 Å². The van der Waals surface area contributed by atoms with Crippen molar-refractivity contribution in [2.24, 2.45) is 17.6 Å². The Morgan fingerprint density at radius 1 is 1.37 bits per heavy atom. The molecule has 0 aliphatic heterocycles. The highest BCUT2D eigenvalue weighted by atomic mass is 16.5. The van der Waals surface area contributed by atoms with Gasteiger partial charge in [-0.3, -0.25) is 0 Å². The van der Waals surface area contributed by atoms with E-state index in [1.54, 1.807) is 0 Å². The largest absolute Gasteiger partial charge is 0.338 e. The molecule has 3 unspecified atom stereocenters. The van der Waals surface area contributed by atoms with Crippen LogP contribution < -0.4 is 5.73 Å². The second-order valence-corrected chi connectivity index (χ2v) is 6.04. The molecule has 0 bridgehead atoms. The fourth-order valence-electron chi connectivity index (χ4n) is 2.94. The first-order valence-corrected chi connectivity index (χ1v) is 7.74. The Morgan fingerprint density at radius 2 is 2.16 bits per heavy atom. The van der Waals surface area contributed by atoms with Gasteiger partial charge in [0.1, 0.15) is 0 Å². The van der Waals surface area contributed by atoms with E-state index < -0.39 is 0 Å². The van der Waals surface area contributed by atoms with E-state index >= 15 is 0 Å². The van der Waals surface area contributed by atoms with Crippen molar-refractivity contribution in [2.45, 2.75) is 71.3 Å². The number of aromatic nitrogens is 2. The fourth-order valence-corrected chi connectivity index (χ4v) is 2.94. The molecule has 19 heavy (non-hydrogen) atoms. The van der Waals surface area contributed by atoms with E-state index in [4.69, 9.17) is 10.3 Å². The summed E-state index contributed by atoms with van der Waals surface area (Å²) < 4.78 is 5.39. The normalized spacial score (nSPS) is 27.2. The van der Waals surface area contributed by atoms with Gasteiger partial charge in [0.2, 0.25) is 5.89 Å². The lowest BCUT2D eigenvalue weighted by molar-refractivity contribution is 0.290. The Morgan fingerprint density at radius 3 is 2.84 bits per heavy atom. The Labute approximate surface area is 116 Å². The van der Waals surface area contributed by atoms with E-state index in [-0.39, 0.29) is 6.04 Å². The number of hydrogen-bond donors (Lipinski definition) is 1. The van der Waals surface area contributed by atoms with Crippen molar-refractivity contribution >= 4 is 0 Å². The second kappa shape index (κ2) is 6.51. The van der Waals surface area contributed by atoms with Gasteiger partial charge in [-0.1, -0.05) is 51.6 Å². The Hall–Kier alpha value is -0.900. The minimum Gasteiger partial charge on any atom is -0.338 e. The standard InChI is InChI=1S/C15H27N3O/c1-4-10(3)13(16)15-17-14(18-19-15)12-8-6-7-11(5-2)9-12/h10-13H,4-9,16H2,1-3H3/t10?,11?,12?,13-/m0/s1. The van der Waals surface area contributed by atoms with Gasteiger partial charge in [-0.05, 0) is 24.7 Å². The average Bonchev–Trinajstić information content (AvgIpc) is 2.95. The van der Waals surface area contributed by atoms with Crippen LogP contribution in [-0.4, -0.2) is 10.1 Å². The maximum absolute atomic E-state index is 6.15. The maximum Gasteiger partial charge on any atom is 0.243 e. The van der Waals surface area contributed by atoms with Gasteiger partial charge in [-0.2, -0.15) is 4.98 Å². The molecule has 2 N–H and O–H groups in total. The highest BCUT2D eigenvalue weighted by Crippen LogP contribution is 2.36. The molecule has 4 atom stereocenters. The molecule has 0 aromatic carbocycles. The first-order chi connectivity index (χ1) is 9.15. The Kier molecular flexibility index (Phi) is 4.97. The monoisotopic (exact) mass is 265 g/mol. The molecule has 1 saturated carbocycles. The van der Waals surface area contributed by atoms with Crippen LogP contribution in [0.4, 0.5) is 0 Å². The highest BCUT2D eigenvalue weighted by Gasteiger charge is 2.27. The Bertz CT molecular complexity index is 390. The molecule has 2 rings (SSSR count). The van der Waals surface area contributed by atoms with Gasteiger partial charge in [-0.25, -0.2) is 0 Å².